The molecule has 4 atom stereocenters. The Morgan fingerprint density at radius 2 is 1.65 bits per heavy atom. The van der Waals surface area contributed by atoms with E-state index in [1.807, 2.05) is 20.8 Å². The maximum Gasteiger partial charge on any atom is 0.318 e. The van der Waals surface area contributed by atoms with Crippen LogP contribution < -0.4 is 17.0 Å². The zero-order chi connectivity index (χ0) is 19.7. The number of cyclic esters (lactones) is 2. The largest absolute Gasteiger partial charge is 0.550 e. The summed E-state index contributed by atoms with van der Waals surface area (Å²) in [5, 5.41) is 11.2. The average Bonchev–Trinajstić information content (AvgIpc) is 2.68. The van der Waals surface area contributed by atoms with Crippen molar-refractivity contribution in [1.82, 2.24) is 6.15 Å². The second-order valence-electron chi connectivity index (χ2n) is 8.90. The molecule has 0 spiro atoms. The van der Waals surface area contributed by atoms with Crippen LogP contribution in [0.2, 0.25) is 0 Å². The van der Waals surface area contributed by atoms with Gasteiger partial charge in [0.15, 0.2) is 0 Å². The van der Waals surface area contributed by atoms with Crippen molar-refractivity contribution in [3.8, 4) is 0 Å². The van der Waals surface area contributed by atoms with E-state index in [0.29, 0.717) is 6.42 Å². The van der Waals surface area contributed by atoms with Gasteiger partial charge in [-0.3, -0.25) is 14.4 Å². The molecule has 0 aromatic rings. The molecular weight excluding hydrogens is 340 g/mol. The van der Waals surface area contributed by atoms with Crippen molar-refractivity contribution in [1.29, 1.82) is 0 Å². The minimum Gasteiger partial charge on any atom is -0.550 e. The fourth-order valence-corrected chi connectivity index (χ4v) is 3.65. The van der Waals surface area contributed by atoms with Gasteiger partial charge in [0.1, 0.15) is 0 Å². The summed E-state index contributed by atoms with van der Waals surface area (Å²) in [4.78, 5) is 47.3. The number of aliphatic carboxylic acids is 1. The van der Waals surface area contributed by atoms with Crippen LogP contribution in [0.3, 0.4) is 0 Å². The van der Waals surface area contributed by atoms with E-state index in [0.717, 1.165) is 0 Å². The average molecular weight is 372 g/mol. The van der Waals surface area contributed by atoms with E-state index in [-0.39, 0.29) is 18.0 Å². The van der Waals surface area contributed by atoms with Crippen molar-refractivity contribution < 1.29 is 29.0 Å². The third-order valence-corrected chi connectivity index (χ3v) is 4.92. The molecule has 0 saturated carbocycles. The molecule has 8 nitrogen and oxygen atoms in total. The Morgan fingerprint density at radius 1 is 1.15 bits per heavy atom. The number of hydrogen-bond donors (Lipinski definition) is 2. The molecule has 0 radical (unpaired) electrons. The van der Waals surface area contributed by atoms with Gasteiger partial charge in [-0.25, -0.2) is 0 Å². The van der Waals surface area contributed by atoms with Crippen LogP contribution in [0.5, 0.6) is 0 Å². The van der Waals surface area contributed by atoms with Crippen LogP contribution in [0.25, 0.3) is 0 Å². The lowest BCUT2D eigenvalue weighted by Gasteiger charge is -2.37. The lowest BCUT2D eigenvalue weighted by atomic mass is 9.64. The van der Waals surface area contributed by atoms with Crippen molar-refractivity contribution in [3.63, 3.8) is 0 Å². The first-order valence-corrected chi connectivity index (χ1v) is 8.43. The number of primary amides is 1. The molecular formula is C18H32N2O6. The van der Waals surface area contributed by atoms with Crippen LogP contribution in [0.15, 0.2) is 0 Å². The monoisotopic (exact) mass is 372 g/mol. The Balaban J connectivity index is 0.00000625. The standard InChI is InChI=1S/C18H29NO6.H3N/c1-9(14(21)22)10(13(19)20)8-18(5,6)12-11(7-17(2,3)4)15(23)25-16(12)24;/h9-12H,7-8H2,1-6H3,(H2,19,20)(H,21,22);1H3. The number of hydrogen-bond acceptors (Lipinski definition) is 6. The molecule has 1 rings (SSSR count). The number of carbonyl (C=O) groups excluding carboxylic acids is 4. The van der Waals surface area contributed by atoms with Gasteiger partial charge in [0.25, 0.3) is 0 Å². The fraction of sp³-hybridized carbons (Fsp3) is 0.778. The number of esters is 2. The third kappa shape index (κ3) is 5.52. The van der Waals surface area contributed by atoms with Gasteiger partial charge in [-0.05, 0) is 23.7 Å². The second kappa shape index (κ2) is 8.16. The van der Waals surface area contributed by atoms with E-state index >= 15 is 0 Å². The van der Waals surface area contributed by atoms with Crippen LogP contribution in [0.1, 0.15) is 54.4 Å². The normalized spacial score (nSPS) is 23.0. The first-order chi connectivity index (χ1) is 11.2. The van der Waals surface area contributed by atoms with E-state index in [2.05, 4.69) is 0 Å². The lowest BCUT2D eigenvalue weighted by molar-refractivity contribution is -0.312. The predicted octanol–water partition coefficient (Wildman–Crippen LogP) is 1.02. The van der Waals surface area contributed by atoms with Gasteiger partial charge in [-0.1, -0.05) is 41.5 Å². The first kappa shape index (κ1) is 24.0. The SMILES string of the molecule is CC(C(=O)[O-])C(CC(C)(C)C1C(=O)OC(=O)C1CC(C)(C)C)C(N)=O.[NH4+]. The number of quaternary nitrogens is 1. The van der Waals surface area contributed by atoms with Gasteiger partial charge in [-0.2, -0.15) is 0 Å². The molecule has 1 aliphatic heterocycles. The number of nitrogens with two attached hydrogens (primary N) is 1. The zero-order valence-electron chi connectivity index (χ0n) is 16.8. The maximum atomic E-state index is 12.3. The second-order valence-corrected chi connectivity index (χ2v) is 8.90. The van der Waals surface area contributed by atoms with Crippen molar-refractivity contribution in [2.24, 2.45) is 40.2 Å². The van der Waals surface area contributed by atoms with E-state index in [1.165, 1.54) is 6.92 Å². The van der Waals surface area contributed by atoms with Gasteiger partial charge in [0.05, 0.1) is 11.8 Å². The highest BCUT2D eigenvalue weighted by molar-refractivity contribution is 5.97. The van der Waals surface area contributed by atoms with E-state index < -0.39 is 52.9 Å². The van der Waals surface area contributed by atoms with Crippen LogP contribution in [0, 0.1) is 34.5 Å². The van der Waals surface area contributed by atoms with Crippen molar-refractivity contribution in [2.45, 2.75) is 54.4 Å². The van der Waals surface area contributed by atoms with E-state index in [9.17, 15) is 24.3 Å². The minimum atomic E-state index is -1.38. The number of carbonyl (C=O) groups is 4. The molecule has 0 bridgehead atoms. The molecule has 6 N–H and O–H groups in total. The molecule has 26 heavy (non-hydrogen) atoms. The summed E-state index contributed by atoms with van der Waals surface area (Å²) in [6, 6.07) is 0. The molecule has 8 heteroatoms. The third-order valence-electron chi connectivity index (χ3n) is 4.92. The van der Waals surface area contributed by atoms with Crippen molar-refractivity contribution >= 4 is 23.8 Å². The molecule has 0 aromatic carbocycles. The molecule has 4 unspecified atom stereocenters. The summed E-state index contributed by atoms with van der Waals surface area (Å²) in [7, 11) is 0. The number of carboxylic acids is 1. The lowest BCUT2D eigenvalue weighted by Crippen LogP contribution is -2.44. The summed E-state index contributed by atoms with van der Waals surface area (Å²) in [6.45, 7) is 10.7. The Labute approximate surface area is 154 Å². The summed E-state index contributed by atoms with van der Waals surface area (Å²) >= 11 is 0. The quantitative estimate of drug-likeness (QED) is 0.500. The smallest absolute Gasteiger partial charge is 0.318 e. The number of carboxylic acid groups (broad SMARTS) is 1. The Bertz CT molecular complexity index is 579. The Morgan fingerprint density at radius 3 is 2.04 bits per heavy atom. The van der Waals surface area contributed by atoms with Crippen LogP contribution in [-0.4, -0.2) is 23.8 Å². The summed E-state index contributed by atoms with van der Waals surface area (Å²) in [5.74, 6) is -6.82. The molecule has 1 aliphatic rings. The fourth-order valence-electron chi connectivity index (χ4n) is 3.65. The number of amides is 1. The molecule has 150 valence electrons. The Kier molecular flexibility index (Phi) is 7.54. The molecule has 0 aliphatic carbocycles. The molecule has 1 fully saturated rings. The topological polar surface area (TPSA) is 163 Å². The first-order valence-electron chi connectivity index (χ1n) is 8.43. The number of rotatable bonds is 7. The van der Waals surface area contributed by atoms with Crippen molar-refractivity contribution in [3.05, 3.63) is 0 Å². The van der Waals surface area contributed by atoms with Crippen LogP contribution in [0.4, 0.5) is 0 Å². The minimum absolute atomic E-state index is 0. The summed E-state index contributed by atoms with van der Waals surface area (Å²) in [5.41, 5.74) is 4.32. The molecule has 1 amide bonds. The van der Waals surface area contributed by atoms with Gasteiger partial charge >= 0.3 is 11.9 Å². The predicted molar refractivity (Wildman–Crippen MR) is 93.4 cm³/mol. The highest BCUT2D eigenvalue weighted by Crippen LogP contribution is 2.47. The van der Waals surface area contributed by atoms with Gasteiger partial charge in [0.2, 0.25) is 5.91 Å². The maximum absolute atomic E-state index is 12.3. The summed E-state index contributed by atoms with van der Waals surface area (Å²) < 4.78 is 4.85. The zero-order valence-corrected chi connectivity index (χ0v) is 16.8. The number of ether oxygens (including phenoxy) is 1. The van der Waals surface area contributed by atoms with E-state index in [4.69, 9.17) is 10.5 Å². The highest BCUT2D eigenvalue weighted by Gasteiger charge is 2.53. The van der Waals surface area contributed by atoms with E-state index in [1.54, 1.807) is 13.8 Å². The molecule has 1 saturated heterocycles. The molecule has 1 heterocycles. The summed E-state index contributed by atoms with van der Waals surface area (Å²) in [6.07, 6.45) is 0.494. The molecule has 0 aromatic heterocycles. The highest BCUT2D eigenvalue weighted by atomic mass is 16.6. The van der Waals surface area contributed by atoms with Crippen LogP contribution >= 0.6 is 0 Å². The van der Waals surface area contributed by atoms with Gasteiger partial charge < -0.3 is 26.5 Å². The Hall–Kier alpha value is -1.96. The van der Waals surface area contributed by atoms with Gasteiger partial charge in [0, 0.05) is 17.8 Å². The van der Waals surface area contributed by atoms with Crippen LogP contribution in [-0.2, 0) is 23.9 Å². The van der Waals surface area contributed by atoms with Crippen molar-refractivity contribution in [2.75, 3.05) is 0 Å². The van der Waals surface area contributed by atoms with Gasteiger partial charge in [-0.15, -0.1) is 0 Å².